The molecule has 1 aliphatic rings. The summed E-state index contributed by atoms with van der Waals surface area (Å²) in [6.07, 6.45) is 3.43. The first-order valence-corrected chi connectivity index (χ1v) is 4.49. The summed E-state index contributed by atoms with van der Waals surface area (Å²) < 4.78 is 0. The first-order chi connectivity index (χ1) is 6.81. The van der Waals surface area contributed by atoms with Crippen molar-refractivity contribution in [3.63, 3.8) is 0 Å². The summed E-state index contributed by atoms with van der Waals surface area (Å²) in [6, 6.07) is 3.56. The van der Waals surface area contributed by atoms with Crippen LogP contribution in [0, 0.1) is 4.91 Å². The van der Waals surface area contributed by atoms with Crippen molar-refractivity contribution in [3.05, 3.63) is 35.0 Å². The summed E-state index contributed by atoms with van der Waals surface area (Å²) in [5.41, 5.74) is 0.920. The molecule has 0 unspecified atom stereocenters. The largest absolute Gasteiger partial charge is 0.391 e. The third kappa shape index (κ3) is 1.58. The van der Waals surface area contributed by atoms with Crippen molar-refractivity contribution < 1.29 is 5.11 Å². The van der Waals surface area contributed by atoms with Crippen LogP contribution in [0.4, 0.5) is 0 Å². The van der Waals surface area contributed by atoms with Gasteiger partial charge < -0.3 is 5.11 Å². The number of nitroso groups, excluding NO2 is 1. The maximum absolute atomic E-state index is 10.5. The lowest BCUT2D eigenvalue weighted by atomic mass is 10.1. The Morgan fingerprint density at radius 2 is 2.50 bits per heavy atom. The Labute approximate surface area is 81.3 Å². The van der Waals surface area contributed by atoms with E-state index in [0.29, 0.717) is 13.0 Å². The topological polar surface area (TPSA) is 65.8 Å². The molecule has 0 spiro atoms. The van der Waals surface area contributed by atoms with Crippen molar-refractivity contribution in [1.29, 1.82) is 0 Å². The Kier molecular flexibility index (Phi) is 2.41. The average molecular weight is 193 g/mol. The Morgan fingerprint density at radius 3 is 3.14 bits per heavy atom. The molecule has 2 rings (SSSR count). The van der Waals surface area contributed by atoms with Gasteiger partial charge in [0.25, 0.3) is 0 Å². The highest BCUT2D eigenvalue weighted by molar-refractivity contribution is 5.15. The maximum Gasteiger partial charge on any atom is 0.0793 e. The first kappa shape index (κ1) is 9.08. The van der Waals surface area contributed by atoms with Crippen LogP contribution in [0.1, 0.15) is 18.0 Å². The summed E-state index contributed by atoms with van der Waals surface area (Å²) in [5, 5.41) is 13.7. The fraction of sp³-hybridized carbons (Fsp3) is 0.444. The number of pyridine rings is 1. The minimum atomic E-state index is -0.474. The van der Waals surface area contributed by atoms with E-state index in [0.717, 1.165) is 5.56 Å². The van der Waals surface area contributed by atoms with Gasteiger partial charge >= 0.3 is 0 Å². The second-order valence-electron chi connectivity index (χ2n) is 3.40. The van der Waals surface area contributed by atoms with E-state index >= 15 is 0 Å². The summed E-state index contributed by atoms with van der Waals surface area (Å²) in [4.78, 5) is 14.5. The molecule has 5 nitrogen and oxygen atoms in total. The molecule has 1 aliphatic heterocycles. The Balaban J connectivity index is 2.22. The summed E-state index contributed by atoms with van der Waals surface area (Å²) in [7, 11) is 0. The van der Waals surface area contributed by atoms with Crippen molar-refractivity contribution in [2.75, 3.05) is 6.54 Å². The van der Waals surface area contributed by atoms with Gasteiger partial charge in [-0.05, 0) is 11.6 Å². The van der Waals surface area contributed by atoms with Crippen LogP contribution in [-0.4, -0.2) is 27.7 Å². The average Bonchev–Trinajstić information content (AvgIpc) is 2.61. The summed E-state index contributed by atoms with van der Waals surface area (Å²) >= 11 is 0. The molecule has 0 amide bonds. The third-order valence-corrected chi connectivity index (χ3v) is 2.43. The van der Waals surface area contributed by atoms with E-state index in [2.05, 4.69) is 10.3 Å². The molecular formula is C9H11N3O2. The van der Waals surface area contributed by atoms with Gasteiger partial charge in [-0.15, -0.1) is 4.91 Å². The highest BCUT2D eigenvalue weighted by Gasteiger charge is 2.32. The standard InChI is InChI=1S/C9H11N3O2/c13-8-4-9(12(6-8)11-14)7-2-1-3-10-5-7/h1-3,5,8-9,13H,4,6H2/t8-,9-/m1/s1. The number of aliphatic hydroxyl groups excluding tert-OH is 1. The fourth-order valence-corrected chi connectivity index (χ4v) is 1.77. The number of nitrogens with zero attached hydrogens (tertiary/aromatic N) is 3. The van der Waals surface area contributed by atoms with Crippen LogP contribution in [0.2, 0.25) is 0 Å². The monoisotopic (exact) mass is 193 g/mol. The van der Waals surface area contributed by atoms with Crippen LogP contribution in [-0.2, 0) is 0 Å². The van der Waals surface area contributed by atoms with Crippen LogP contribution >= 0.6 is 0 Å². The van der Waals surface area contributed by atoms with Crippen LogP contribution in [0.25, 0.3) is 0 Å². The van der Waals surface area contributed by atoms with Gasteiger partial charge in [0, 0.05) is 18.8 Å². The molecule has 1 aromatic rings. The fourth-order valence-electron chi connectivity index (χ4n) is 1.77. The molecule has 0 bridgehead atoms. The zero-order valence-corrected chi connectivity index (χ0v) is 7.58. The van der Waals surface area contributed by atoms with Crippen molar-refractivity contribution in [2.45, 2.75) is 18.6 Å². The molecule has 0 saturated carbocycles. The van der Waals surface area contributed by atoms with Gasteiger partial charge in [-0.2, -0.15) is 0 Å². The normalized spacial score (nSPS) is 26.5. The van der Waals surface area contributed by atoms with Gasteiger partial charge in [0.2, 0.25) is 0 Å². The zero-order valence-electron chi connectivity index (χ0n) is 7.58. The molecule has 1 N–H and O–H groups in total. The third-order valence-electron chi connectivity index (χ3n) is 2.43. The number of β-amino-alcohol motifs (C(OH)–C–C–N with tert-alkyl or cyclic N) is 1. The second kappa shape index (κ2) is 3.71. The molecule has 1 fully saturated rings. The second-order valence-corrected chi connectivity index (χ2v) is 3.40. The lowest BCUT2D eigenvalue weighted by Crippen LogP contribution is -2.17. The smallest absolute Gasteiger partial charge is 0.0793 e. The van der Waals surface area contributed by atoms with Crippen molar-refractivity contribution in [2.24, 2.45) is 5.29 Å². The minimum absolute atomic E-state index is 0.129. The summed E-state index contributed by atoms with van der Waals surface area (Å²) in [6.45, 7) is 0.309. The molecule has 14 heavy (non-hydrogen) atoms. The van der Waals surface area contributed by atoms with Crippen molar-refractivity contribution in [1.82, 2.24) is 9.99 Å². The first-order valence-electron chi connectivity index (χ1n) is 4.49. The van der Waals surface area contributed by atoms with Crippen LogP contribution in [0.3, 0.4) is 0 Å². The predicted molar refractivity (Wildman–Crippen MR) is 50.1 cm³/mol. The van der Waals surface area contributed by atoms with E-state index in [1.807, 2.05) is 12.1 Å². The Hall–Kier alpha value is -1.49. The number of hydrogen-bond acceptors (Lipinski definition) is 4. The highest BCUT2D eigenvalue weighted by Crippen LogP contribution is 2.31. The Bertz CT molecular complexity index is 317. The molecule has 2 atom stereocenters. The van der Waals surface area contributed by atoms with Gasteiger partial charge in [-0.25, -0.2) is 0 Å². The SMILES string of the molecule is O=NN1C[C@H](O)C[C@@H]1c1cccnc1. The highest BCUT2D eigenvalue weighted by atomic mass is 16.3. The molecule has 1 saturated heterocycles. The number of aromatic nitrogens is 1. The van der Waals surface area contributed by atoms with Crippen molar-refractivity contribution in [3.8, 4) is 0 Å². The molecule has 0 aliphatic carbocycles. The molecule has 0 radical (unpaired) electrons. The summed E-state index contributed by atoms with van der Waals surface area (Å²) in [5.74, 6) is 0. The molecule has 2 heterocycles. The van der Waals surface area contributed by atoms with E-state index in [4.69, 9.17) is 0 Å². The van der Waals surface area contributed by atoms with E-state index in [-0.39, 0.29) is 6.04 Å². The van der Waals surface area contributed by atoms with Gasteiger partial charge in [0.1, 0.15) is 0 Å². The molecule has 0 aromatic carbocycles. The number of aliphatic hydroxyl groups is 1. The van der Waals surface area contributed by atoms with Gasteiger partial charge in [-0.1, -0.05) is 6.07 Å². The van der Waals surface area contributed by atoms with Crippen LogP contribution in [0.15, 0.2) is 29.8 Å². The molecule has 5 heteroatoms. The Morgan fingerprint density at radius 1 is 1.64 bits per heavy atom. The molecular weight excluding hydrogens is 182 g/mol. The lowest BCUT2D eigenvalue weighted by molar-refractivity contribution is 0.176. The van der Waals surface area contributed by atoms with E-state index in [1.165, 1.54) is 5.01 Å². The van der Waals surface area contributed by atoms with E-state index < -0.39 is 6.10 Å². The van der Waals surface area contributed by atoms with Crippen LogP contribution in [0.5, 0.6) is 0 Å². The van der Waals surface area contributed by atoms with E-state index in [1.54, 1.807) is 12.4 Å². The van der Waals surface area contributed by atoms with Gasteiger partial charge in [-0.3, -0.25) is 9.99 Å². The predicted octanol–water partition coefficient (Wildman–Crippen LogP) is 0.871. The zero-order chi connectivity index (χ0) is 9.97. The van der Waals surface area contributed by atoms with Gasteiger partial charge in [0.05, 0.1) is 24.0 Å². The minimum Gasteiger partial charge on any atom is -0.391 e. The van der Waals surface area contributed by atoms with Gasteiger partial charge in [0.15, 0.2) is 0 Å². The number of hydrogen-bond donors (Lipinski definition) is 1. The van der Waals surface area contributed by atoms with Crippen LogP contribution < -0.4 is 0 Å². The molecule has 1 aromatic heterocycles. The quantitative estimate of drug-likeness (QED) is 0.708. The maximum atomic E-state index is 10.5. The number of rotatable bonds is 2. The molecule has 74 valence electrons. The van der Waals surface area contributed by atoms with E-state index in [9.17, 15) is 10.0 Å². The lowest BCUT2D eigenvalue weighted by Gasteiger charge is -2.16. The van der Waals surface area contributed by atoms with Crippen molar-refractivity contribution >= 4 is 0 Å².